The molecule has 0 fully saturated rings. The van der Waals surface area contributed by atoms with Crippen molar-refractivity contribution in [2.45, 2.75) is 20.4 Å². The van der Waals surface area contributed by atoms with Crippen LogP contribution in [0.1, 0.15) is 13.8 Å². The summed E-state index contributed by atoms with van der Waals surface area (Å²) in [5, 5.41) is 3.94. The van der Waals surface area contributed by atoms with E-state index in [4.69, 9.17) is 10.6 Å². The van der Waals surface area contributed by atoms with Crippen LogP contribution in [0.25, 0.3) is 11.2 Å². The third-order valence-electron chi connectivity index (χ3n) is 2.18. The number of nitrogens with zero attached hydrogens (tertiary/aromatic N) is 5. The van der Waals surface area contributed by atoms with Gasteiger partial charge in [-0.15, -0.1) is 0 Å². The highest BCUT2D eigenvalue weighted by atomic mass is 16.6. The first-order valence-electron chi connectivity index (χ1n) is 5.29. The third kappa shape index (κ3) is 2.32. The summed E-state index contributed by atoms with van der Waals surface area (Å²) in [5.74, 6) is 0.383. The maximum absolute atomic E-state index is 5.70. The van der Waals surface area contributed by atoms with Gasteiger partial charge < -0.3 is 15.1 Å². The number of fused-ring (bicyclic) bond motifs is 1. The van der Waals surface area contributed by atoms with Crippen LogP contribution in [0.3, 0.4) is 0 Å². The van der Waals surface area contributed by atoms with E-state index in [1.165, 1.54) is 6.33 Å². The summed E-state index contributed by atoms with van der Waals surface area (Å²) in [6.07, 6.45) is 3.09. The standard InChI is InChI=1S/C10H14N6O/c1-3-17-15-7(2)4-16-6-14-8-9(11)12-5-13-10(8)16/h5-6H,3-4H2,1-2H3,(H2,11,12,13). The smallest absolute Gasteiger partial charge is 0.165 e. The predicted molar refractivity (Wildman–Crippen MR) is 64.5 cm³/mol. The molecule has 0 radical (unpaired) electrons. The third-order valence-corrected chi connectivity index (χ3v) is 2.18. The Bertz CT molecular complexity index is 547. The number of rotatable bonds is 4. The van der Waals surface area contributed by atoms with Gasteiger partial charge in [0.25, 0.3) is 0 Å². The minimum atomic E-state index is 0.383. The van der Waals surface area contributed by atoms with Gasteiger partial charge in [-0.2, -0.15) is 0 Å². The van der Waals surface area contributed by atoms with Crippen molar-refractivity contribution < 1.29 is 4.84 Å². The van der Waals surface area contributed by atoms with Crippen molar-refractivity contribution in [3.8, 4) is 0 Å². The minimum Gasteiger partial charge on any atom is -0.396 e. The van der Waals surface area contributed by atoms with Gasteiger partial charge >= 0.3 is 0 Å². The quantitative estimate of drug-likeness (QED) is 0.624. The van der Waals surface area contributed by atoms with Gasteiger partial charge in [-0.05, 0) is 13.8 Å². The van der Waals surface area contributed by atoms with Crippen LogP contribution in [0.4, 0.5) is 5.82 Å². The molecule has 0 saturated carbocycles. The maximum atomic E-state index is 5.70. The molecule has 0 aliphatic rings. The molecule has 2 aromatic heterocycles. The summed E-state index contributed by atoms with van der Waals surface area (Å²) in [6.45, 7) is 4.88. The lowest BCUT2D eigenvalue weighted by Gasteiger charge is -2.03. The molecule has 0 spiro atoms. The Morgan fingerprint density at radius 3 is 3.06 bits per heavy atom. The summed E-state index contributed by atoms with van der Waals surface area (Å²) < 4.78 is 1.85. The number of hydrogen-bond donors (Lipinski definition) is 1. The van der Waals surface area contributed by atoms with Crippen LogP contribution in [0.5, 0.6) is 0 Å². The van der Waals surface area contributed by atoms with Crippen molar-refractivity contribution >= 4 is 22.7 Å². The molecule has 2 N–H and O–H groups in total. The van der Waals surface area contributed by atoms with E-state index in [0.29, 0.717) is 30.1 Å². The molecule has 7 nitrogen and oxygen atoms in total. The van der Waals surface area contributed by atoms with Crippen molar-refractivity contribution in [3.63, 3.8) is 0 Å². The number of aromatic nitrogens is 4. The average molecular weight is 234 g/mol. The molecule has 0 aliphatic carbocycles. The van der Waals surface area contributed by atoms with E-state index < -0.39 is 0 Å². The van der Waals surface area contributed by atoms with Crippen LogP contribution in [0.15, 0.2) is 17.8 Å². The summed E-state index contributed by atoms with van der Waals surface area (Å²) in [6, 6.07) is 0. The van der Waals surface area contributed by atoms with Crippen molar-refractivity contribution in [3.05, 3.63) is 12.7 Å². The molecule has 90 valence electrons. The van der Waals surface area contributed by atoms with Crippen LogP contribution >= 0.6 is 0 Å². The summed E-state index contributed by atoms with van der Waals surface area (Å²) in [5.41, 5.74) is 7.84. The molecule has 0 atom stereocenters. The Labute approximate surface area is 98.3 Å². The van der Waals surface area contributed by atoms with Gasteiger partial charge in [0.15, 0.2) is 11.5 Å². The largest absolute Gasteiger partial charge is 0.396 e. The van der Waals surface area contributed by atoms with Gasteiger partial charge in [-0.1, -0.05) is 5.16 Å². The molecule has 0 bridgehead atoms. The second-order valence-corrected chi connectivity index (χ2v) is 3.55. The molecule has 2 aromatic rings. The lowest BCUT2D eigenvalue weighted by molar-refractivity contribution is 0.158. The van der Waals surface area contributed by atoms with Crippen LogP contribution in [0.2, 0.25) is 0 Å². The molecule has 0 aromatic carbocycles. The van der Waals surface area contributed by atoms with E-state index in [-0.39, 0.29) is 0 Å². The Morgan fingerprint density at radius 2 is 2.29 bits per heavy atom. The fraction of sp³-hybridized carbons (Fsp3) is 0.400. The molecular formula is C10H14N6O. The minimum absolute atomic E-state index is 0.383. The fourth-order valence-corrected chi connectivity index (χ4v) is 1.46. The predicted octanol–water partition coefficient (Wildman–Crippen LogP) is 0.821. The van der Waals surface area contributed by atoms with E-state index in [0.717, 1.165) is 5.71 Å². The van der Waals surface area contributed by atoms with E-state index in [1.54, 1.807) is 6.33 Å². The van der Waals surface area contributed by atoms with E-state index in [1.807, 2.05) is 18.4 Å². The molecule has 2 heterocycles. The van der Waals surface area contributed by atoms with Gasteiger partial charge in [-0.3, -0.25) is 0 Å². The number of anilines is 1. The lowest BCUT2D eigenvalue weighted by atomic mass is 10.4. The Morgan fingerprint density at radius 1 is 1.47 bits per heavy atom. The fourth-order valence-electron chi connectivity index (χ4n) is 1.46. The number of imidazole rings is 1. The van der Waals surface area contributed by atoms with Gasteiger partial charge in [0.2, 0.25) is 0 Å². The second kappa shape index (κ2) is 4.77. The Balaban J connectivity index is 2.28. The van der Waals surface area contributed by atoms with Crippen LogP contribution in [-0.4, -0.2) is 31.8 Å². The van der Waals surface area contributed by atoms with Gasteiger partial charge in [0.05, 0.1) is 18.6 Å². The Kier molecular flexibility index (Phi) is 3.17. The molecule has 17 heavy (non-hydrogen) atoms. The highest BCUT2D eigenvalue weighted by molar-refractivity contribution is 5.85. The molecule has 0 unspecified atom stereocenters. The summed E-state index contributed by atoms with van der Waals surface area (Å²) in [7, 11) is 0. The topological polar surface area (TPSA) is 91.2 Å². The van der Waals surface area contributed by atoms with E-state index in [9.17, 15) is 0 Å². The highest BCUT2D eigenvalue weighted by Gasteiger charge is 2.08. The van der Waals surface area contributed by atoms with Crippen LogP contribution in [0, 0.1) is 0 Å². The summed E-state index contributed by atoms with van der Waals surface area (Å²) in [4.78, 5) is 17.2. The van der Waals surface area contributed by atoms with Crippen molar-refractivity contribution in [1.29, 1.82) is 0 Å². The average Bonchev–Trinajstić information content (AvgIpc) is 2.71. The van der Waals surface area contributed by atoms with E-state index in [2.05, 4.69) is 20.1 Å². The van der Waals surface area contributed by atoms with Gasteiger partial charge in [-0.25, -0.2) is 15.0 Å². The number of oxime groups is 1. The number of nitrogen functional groups attached to an aromatic ring is 1. The van der Waals surface area contributed by atoms with Crippen LogP contribution in [-0.2, 0) is 11.4 Å². The second-order valence-electron chi connectivity index (χ2n) is 3.55. The molecule has 0 saturated heterocycles. The SMILES string of the molecule is CCON=C(C)Cn1cnc2c(N)ncnc21. The zero-order valence-electron chi connectivity index (χ0n) is 9.79. The number of hydrogen-bond acceptors (Lipinski definition) is 6. The Hall–Kier alpha value is -2.18. The van der Waals surface area contributed by atoms with Gasteiger partial charge in [0, 0.05) is 0 Å². The first-order chi connectivity index (χ1) is 8.22. The van der Waals surface area contributed by atoms with Crippen LogP contribution < -0.4 is 5.73 Å². The normalized spacial score (nSPS) is 12.0. The molecule has 7 heteroatoms. The highest BCUT2D eigenvalue weighted by Crippen LogP contribution is 2.13. The van der Waals surface area contributed by atoms with Crippen molar-refractivity contribution in [1.82, 2.24) is 19.5 Å². The summed E-state index contributed by atoms with van der Waals surface area (Å²) >= 11 is 0. The molecule has 0 aliphatic heterocycles. The number of nitrogens with two attached hydrogens (primary N) is 1. The molecular weight excluding hydrogens is 220 g/mol. The van der Waals surface area contributed by atoms with Crippen molar-refractivity contribution in [2.75, 3.05) is 12.3 Å². The zero-order chi connectivity index (χ0) is 12.3. The molecule has 0 amide bonds. The van der Waals surface area contributed by atoms with E-state index >= 15 is 0 Å². The first-order valence-corrected chi connectivity index (χ1v) is 5.29. The van der Waals surface area contributed by atoms with Crippen molar-refractivity contribution in [2.24, 2.45) is 5.16 Å². The first kappa shape index (κ1) is 11.3. The molecule has 2 rings (SSSR count). The monoisotopic (exact) mass is 234 g/mol. The lowest BCUT2D eigenvalue weighted by Crippen LogP contribution is -2.07. The zero-order valence-corrected chi connectivity index (χ0v) is 9.79. The maximum Gasteiger partial charge on any atom is 0.165 e. The van der Waals surface area contributed by atoms with Gasteiger partial charge in [0.1, 0.15) is 18.5 Å².